The Bertz CT molecular complexity index is 2960. The maximum atomic E-state index is 11.9. The van der Waals surface area contributed by atoms with Crippen molar-refractivity contribution < 1.29 is 63.8 Å². The van der Waals surface area contributed by atoms with E-state index in [2.05, 4.69) is 29.8 Å². The van der Waals surface area contributed by atoms with E-state index in [0.29, 0.717) is 22.9 Å². The topological polar surface area (TPSA) is 355 Å². The van der Waals surface area contributed by atoms with Crippen molar-refractivity contribution in [2.24, 2.45) is 20.5 Å². The fourth-order valence-corrected chi connectivity index (χ4v) is 8.12. The number of azo groups is 2. The zero-order valence-electron chi connectivity index (χ0n) is 27.5. The number of hydrogen-bond acceptors (Lipinski definition) is 21. The van der Waals surface area contributed by atoms with Crippen LogP contribution in [0.4, 0.5) is 34.1 Å². The van der Waals surface area contributed by atoms with Gasteiger partial charge in [0.05, 0.1) is 65.1 Å². The molecule has 0 aliphatic rings. The Labute approximate surface area is 319 Å². The molecule has 56 heavy (non-hydrogen) atoms. The number of rotatable bonds is 11. The third kappa shape index (κ3) is 7.95. The maximum absolute atomic E-state index is 11.9. The molecule has 0 amide bonds. The van der Waals surface area contributed by atoms with Crippen molar-refractivity contribution in [2.45, 2.75) is 19.6 Å². The number of nitrogens with two attached hydrogens (primary N) is 2. The molecule has 0 spiro atoms. The maximum Gasteiger partial charge on any atom is 0.153 e. The molecule has 0 saturated heterocycles. The highest BCUT2D eigenvalue weighted by Crippen LogP contribution is 2.46. The molecule has 0 saturated carbocycles. The van der Waals surface area contributed by atoms with Crippen LogP contribution in [0.2, 0.25) is 0 Å². The van der Waals surface area contributed by atoms with Gasteiger partial charge in [-0.2, -0.15) is 14.6 Å². The van der Waals surface area contributed by atoms with Crippen LogP contribution in [0.1, 0.15) is 0 Å². The van der Waals surface area contributed by atoms with Crippen molar-refractivity contribution in [1.29, 1.82) is 0 Å². The minimum Gasteiger partial charge on any atom is -0.744 e. The fraction of sp³-hybridized carbons (Fsp3) is 0. The number of phenols is 2. The van der Waals surface area contributed by atoms with Crippen LogP contribution in [0.15, 0.2) is 125 Å². The molecule has 24 heteroatoms. The van der Waals surface area contributed by atoms with Crippen LogP contribution in [0.25, 0.3) is 32.7 Å². The summed E-state index contributed by atoms with van der Waals surface area (Å²) in [5.74, 6) is -1.44. The third-order valence-electron chi connectivity index (χ3n) is 8.01. The summed E-state index contributed by atoms with van der Waals surface area (Å²) in [7, 11) is -15.7. The van der Waals surface area contributed by atoms with Gasteiger partial charge in [0.15, 0.2) is 11.5 Å². The van der Waals surface area contributed by atoms with Gasteiger partial charge in [-0.15, -0.1) is 10.2 Å². The van der Waals surface area contributed by atoms with Gasteiger partial charge in [0, 0.05) is 10.8 Å². The molecule has 20 nitrogen and oxygen atoms in total. The van der Waals surface area contributed by atoms with E-state index in [1.54, 1.807) is 48.5 Å². The molecule has 6 N–H and O–H groups in total. The SMILES string of the molecule is Nc1c(SOO[O-])cc(S(=O)(=O)[O-])c2ccc(N=Nc3ccc(-c4ccc(N=Nc5ccc6c(S(=O)(=O)[O-])cc(S(=O)(=O)[O-])c(N)c6c5O)cc4)cc3)c(O)c12. The Kier molecular flexibility index (Phi) is 10.7. The Hall–Kier alpha value is -5.80. The summed E-state index contributed by atoms with van der Waals surface area (Å²) in [6.07, 6.45) is 0. The zero-order valence-corrected chi connectivity index (χ0v) is 30.7. The van der Waals surface area contributed by atoms with Crippen LogP contribution in [-0.4, -0.2) is 49.1 Å². The predicted molar refractivity (Wildman–Crippen MR) is 192 cm³/mol. The average molecular weight is 841 g/mol. The first-order valence-electron chi connectivity index (χ1n) is 15.0. The molecule has 6 aromatic rings. The normalized spacial score (nSPS) is 12.7. The second-order valence-electron chi connectivity index (χ2n) is 11.4. The molecule has 0 bridgehead atoms. The Morgan fingerprint density at radius 2 is 0.964 bits per heavy atom. The minimum atomic E-state index is -5.36. The largest absolute Gasteiger partial charge is 0.744 e. The van der Waals surface area contributed by atoms with Crippen LogP contribution < -0.4 is 16.7 Å². The molecular formula is C32H20N6O14S4-4. The van der Waals surface area contributed by atoms with Crippen molar-refractivity contribution in [3.05, 3.63) is 84.9 Å². The number of aromatic hydroxyl groups is 2. The Balaban J connectivity index is 1.23. The van der Waals surface area contributed by atoms with E-state index in [4.69, 9.17) is 11.5 Å². The van der Waals surface area contributed by atoms with E-state index in [0.717, 1.165) is 18.2 Å². The van der Waals surface area contributed by atoms with Crippen LogP contribution >= 0.6 is 12.0 Å². The minimum absolute atomic E-state index is 0.142. The van der Waals surface area contributed by atoms with Crippen molar-refractivity contribution >= 4 is 98.1 Å². The number of nitrogens with zero attached hydrogens (tertiary/aromatic N) is 4. The molecule has 0 aliphatic carbocycles. The van der Waals surface area contributed by atoms with E-state index in [1.807, 2.05) is 0 Å². The van der Waals surface area contributed by atoms with Gasteiger partial charge in [-0.05, 0) is 59.7 Å². The van der Waals surface area contributed by atoms with Crippen molar-refractivity contribution in [1.82, 2.24) is 0 Å². The van der Waals surface area contributed by atoms with Gasteiger partial charge in [-0.25, -0.2) is 25.3 Å². The summed E-state index contributed by atoms with van der Waals surface area (Å²) in [5, 5.41) is 49.9. The molecular weight excluding hydrogens is 821 g/mol. The fourth-order valence-electron chi connectivity index (χ4n) is 5.48. The number of fused-ring (bicyclic) bond motifs is 2. The highest BCUT2D eigenvalue weighted by Gasteiger charge is 2.22. The van der Waals surface area contributed by atoms with Crippen LogP contribution in [0.5, 0.6) is 11.5 Å². The molecule has 0 aliphatic heterocycles. The first kappa shape index (κ1) is 39.9. The second-order valence-corrected chi connectivity index (χ2v) is 16.1. The highest BCUT2D eigenvalue weighted by atomic mass is 32.2. The van der Waals surface area contributed by atoms with E-state index < -0.39 is 73.0 Å². The predicted octanol–water partition coefficient (Wildman–Crippen LogP) is 5.01. The van der Waals surface area contributed by atoms with Gasteiger partial charge in [0.25, 0.3) is 0 Å². The van der Waals surface area contributed by atoms with Gasteiger partial charge >= 0.3 is 0 Å². The molecule has 0 fully saturated rings. The van der Waals surface area contributed by atoms with Gasteiger partial charge in [-0.3, -0.25) is 5.04 Å². The number of anilines is 2. The summed E-state index contributed by atoms with van der Waals surface area (Å²) < 4.78 is 111. The third-order valence-corrected chi connectivity index (χ3v) is 11.3. The van der Waals surface area contributed by atoms with Crippen LogP contribution in [0, 0.1) is 0 Å². The van der Waals surface area contributed by atoms with Crippen molar-refractivity contribution in [3.8, 4) is 22.6 Å². The standard InChI is InChI=1S/C32H24N6O14S4/c33-29-23(53-52-51-41)13-24(54(42,43)44)19-9-11-21(31(39)27(19)29)37-35-17-5-1-15(2-6-17)16-3-7-18(8-4-16)36-38-22-12-10-20-25(55(45,46)47)14-26(56(48,49)50)30(34)28(20)32(22)40/h1-14,39-41H,33-34H2,(H,42,43,44)(H,45,46,47)(H,48,49,50)/p-4. The molecule has 0 radical (unpaired) electrons. The number of nitrogen functional groups attached to an aromatic ring is 2. The van der Waals surface area contributed by atoms with Gasteiger partial charge in [0.2, 0.25) is 0 Å². The second kappa shape index (κ2) is 15.0. The van der Waals surface area contributed by atoms with Crippen LogP contribution in [-0.2, 0) is 39.7 Å². The summed E-state index contributed by atoms with van der Waals surface area (Å²) in [6.45, 7) is 0. The van der Waals surface area contributed by atoms with E-state index in [-0.39, 0.29) is 50.5 Å². The van der Waals surface area contributed by atoms with E-state index in [9.17, 15) is 54.4 Å². The first-order valence-corrected chi connectivity index (χ1v) is 20.0. The molecule has 0 unspecified atom stereocenters. The summed E-state index contributed by atoms with van der Waals surface area (Å²) in [6, 6.07) is 18.9. The van der Waals surface area contributed by atoms with Crippen molar-refractivity contribution in [3.63, 3.8) is 0 Å². The number of benzene rings is 6. The lowest BCUT2D eigenvalue weighted by atomic mass is 10.1. The molecule has 0 heterocycles. The van der Waals surface area contributed by atoms with Gasteiger partial charge in [-0.1, -0.05) is 36.4 Å². The summed E-state index contributed by atoms with van der Waals surface area (Å²) in [4.78, 5) is -3.24. The van der Waals surface area contributed by atoms with Gasteiger partial charge in [0.1, 0.15) is 41.7 Å². The lowest BCUT2D eigenvalue weighted by molar-refractivity contribution is -0.777. The van der Waals surface area contributed by atoms with E-state index in [1.165, 1.54) is 12.1 Å². The molecule has 6 aromatic carbocycles. The van der Waals surface area contributed by atoms with Gasteiger partial charge < -0.3 is 40.6 Å². The summed E-state index contributed by atoms with van der Waals surface area (Å²) in [5.41, 5.74) is 12.5. The number of hydrogen-bond donors (Lipinski definition) is 4. The first-order chi connectivity index (χ1) is 26.3. The van der Waals surface area contributed by atoms with E-state index >= 15 is 0 Å². The molecule has 0 atom stereocenters. The Morgan fingerprint density at radius 1 is 0.554 bits per heavy atom. The lowest BCUT2D eigenvalue weighted by Crippen LogP contribution is -2.08. The highest BCUT2D eigenvalue weighted by molar-refractivity contribution is 7.94. The molecule has 290 valence electrons. The lowest BCUT2D eigenvalue weighted by Gasteiger charge is -2.18. The smallest absolute Gasteiger partial charge is 0.153 e. The van der Waals surface area contributed by atoms with Crippen molar-refractivity contribution in [2.75, 3.05) is 11.5 Å². The average Bonchev–Trinajstić information content (AvgIpc) is 3.13. The summed E-state index contributed by atoms with van der Waals surface area (Å²) >= 11 is 0.223. The monoisotopic (exact) mass is 840 g/mol. The quantitative estimate of drug-likeness (QED) is 0.0332. The van der Waals surface area contributed by atoms with Crippen LogP contribution in [0.3, 0.4) is 0 Å². The Morgan fingerprint density at radius 3 is 1.38 bits per heavy atom. The molecule has 0 aromatic heterocycles. The molecule has 6 rings (SSSR count). The number of phenolic OH excluding ortho intramolecular Hbond substituents is 2. The zero-order chi connectivity index (χ0) is 40.7.